The minimum atomic E-state index is -3.58. The lowest BCUT2D eigenvalue weighted by atomic mass is 9.93. The van der Waals surface area contributed by atoms with E-state index in [1.807, 2.05) is 12.1 Å². The molecule has 7 heteroatoms. The van der Waals surface area contributed by atoms with E-state index in [9.17, 15) is 13.2 Å². The molecular weight excluding hydrogens is 408 g/mol. The molecule has 2 aromatic carbocycles. The highest BCUT2D eigenvalue weighted by molar-refractivity contribution is 7.89. The fourth-order valence-electron chi connectivity index (χ4n) is 4.46. The summed E-state index contributed by atoms with van der Waals surface area (Å²) in [5, 5.41) is 0.567. The summed E-state index contributed by atoms with van der Waals surface area (Å²) in [6, 6.07) is 9.46. The van der Waals surface area contributed by atoms with E-state index in [0.29, 0.717) is 30.0 Å². The number of sulfonamides is 1. The lowest BCUT2D eigenvalue weighted by Crippen LogP contribution is -2.36. The molecule has 0 saturated heterocycles. The number of ketones is 1. The van der Waals surface area contributed by atoms with Gasteiger partial charge in [0.1, 0.15) is 0 Å². The molecule has 1 unspecified atom stereocenters. The van der Waals surface area contributed by atoms with Crippen molar-refractivity contribution in [3.63, 3.8) is 0 Å². The molecule has 0 fully saturated rings. The molecule has 1 atom stereocenters. The number of halogens is 1. The second-order valence-electron chi connectivity index (χ2n) is 7.93. The maximum absolute atomic E-state index is 12.7. The first-order chi connectivity index (χ1) is 13.8. The molecule has 2 aromatic rings. The smallest absolute Gasteiger partial charge is 0.240 e. The molecule has 0 bridgehead atoms. The predicted molar refractivity (Wildman–Crippen MR) is 114 cm³/mol. The molecule has 1 N–H and O–H groups in total. The van der Waals surface area contributed by atoms with Crippen LogP contribution >= 0.6 is 11.6 Å². The van der Waals surface area contributed by atoms with E-state index < -0.39 is 10.0 Å². The summed E-state index contributed by atoms with van der Waals surface area (Å²) in [6.45, 7) is 5.56. The fraction of sp³-hybridized carbons (Fsp3) is 0.409. The monoisotopic (exact) mass is 432 g/mol. The molecule has 0 amide bonds. The van der Waals surface area contributed by atoms with Gasteiger partial charge in [-0.25, -0.2) is 13.1 Å². The quantitative estimate of drug-likeness (QED) is 0.705. The molecule has 1 aliphatic carbocycles. The Hall–Kier alpha value is -1.73. The summed E-state index contributed by atoms with van der Waals surface area (Å²) in [4.78, 5) is 14.9. The van der Waals surface area contributed by atoms with Crippen LogP contribution in [0.25, 0.3) is 0 Å². The predicted octanol–water partition coefficient (Wildman–Crippen LogP) is 3.81. The Morgan fingerprint density at radius 3 is 2.79 bits per heavy atom. The molecule has 2 aliphatic rings. The van der Waals surface area contributed by atoms with Gasteiger partial charge in [0.25, 0.3) is 0 Å². The van der Waals surface area contributed by atoms with E-state index in [0.717, 1.165) is 30.6 Å². The molecule has 29 heavy (non-hydrogen) atoms. The molecule has 5 nitrogen and oxygen atoms in total. The van der Waals surface area contributed by atoms with Crippen molar-refractivity contribution in [2.75, 3.05) is 19.6 Å². The maximum atomic E-state index is 12.7. The number of hydrogen-bond acceptors (Lipinski definition) is 4. The third-order valence-corrected chi connectivity index (χ3v) is 7.99. The van der Waals surface area contributed by atoms with Gasteiger partial charge in [0.15, 0.2) is 5.78 Å². The molecule has 0 saturated carbocycles. The highest BCUT2D eigenvalue weighted by atomic mass is 35.5. The molecule has 154 valence electrons. The van der Waals surface area contributed by atoms with Crippen LogP contribution in [0.2, 0.25) is 5.02 Å². The Balaban J connectivity index is 1.38. The van der Waals surface area contributed by atoms with E-state index in [1.165, 1.54) is 11.1 Å². The summed E-state index contributed by atoms with van der Waals surface area (Å²) in [5.74, 6) is 0.216. The molecule has 1 heterocycles. The van der Waals surface area contributed by atoms with E-state index in [4.69, 9.17) is 11.6 Å². The second-order valence-corrected chi connectivity index (χ2v) is 10.1. The Bertz CT molecular complexity index is 1080. The Kier molecular flexibility index (Phi) is 5.55. The van der Waals surface area contributed by atoms with Gasteiger partial charge < -0.3 is 0 Å². The van der Waals surface area contributed by atoms with Gasteiger partial charge in [0.2, 0.25) is 10.0 Å². The van der Waals surface area contributed by atoms with E-state index >= 15 is 0 Å². The lowest BCUT2D eigenvalue weighted by molar-refractivity contribution is 0.0949. The topological polar surface area (TPSA) is 66.5 Å². The first kappa shape index (κ1) is 20.5. The van der Waals surface area contributed by atoms with Gasteiger partial charge in [-0.05, 0) is 61.1 Å². The molecule has 0 spiro atoms. The van der Waals surface area contributed by atoms with Crippen LogP contribution in [-0.4, -0.2) is 38.7 Å². The van der Waals surface area contributed by atoms with Crippen LogP contribution in [0.1, 0.15) is 51.5 Å². The van der Waals surface area contributed by atoms with Gasteiger partial charge in [-0.3, -0.25) is 9.69 Å². The molecule has 1 aliphatic heterocycles. The van der Waals surface area contributed by atoms with Crippen molar-refractivity contribution in [3.05, 3.63) is 63.2 Å². The number of nitrogens with zero attached hydrogens (tertiary/aromatic N) is 1. The first-order valence-electron chi connectivity index (χ1n) is 9.93. The number of hydrogen-bond donors (Lipinski definition) is 1. The zero-order valence-corrected chi connectivity index (χ0v) is 18.2. The summed E-state index contributed by atoms with van der Waals surface area (Å²) < 4.78 is 28.1. The van der Waals surface area contributed by atoms with Gasteiger partial charge >= 0.3 is 0 Å². The number of benzene rings is 2. The summed E-state index contributed by atoms with van der Waals surface area (Å²) in [5.41, 5.74) is 4.72. The number of carbonyl (C=O) groups is 1. The van der Waals surface area contributed by atoms with Crippen LogP contribution in [0.15, 0.2) is 35.2 Å². The second kappa shape index (κ2) is 7.84. The van der Waals surface area contributed by atoms with Gasteiger partial charge in [0.05, 0.1) is 4.90 Å². The van der Waals surface area contributed by atoms with E-state index in [1.54, 1.807) is 26.0 Å². The number of carbonyl (C=O) groups excluding carboxylic acids is 1. The Labute approximate surface area is 177 Å². The van der Waals surface area contributed by atoms with Crippen molar-refractivity contribution in [1.29, 1.82) is 0 Å². The highest BCUT2D eigenvalue weighted by Crippen LogP contribution is 2.41. The number of nitrogens with one attached hydrogen (secondary N) is 1. The first-order valence-corrected chi connectivity index (χ1v) is 11.8. The van der Waals surface area contributed by atoms with Gasteiger partial charge in [-0.2, -0.15) is 0 Å². The highest BCUT2D eigenvalue weighted by Gasteiger charge is 2.37. The van der Waals surface area contributed by atoms with Crippen molar-refractivity contribution in [1.82, 2.24) is 9.62 Å². The normalized spacial score (nSPS) is 18.9. The van der Waals surface area contributed by atoms with Crippen molar-refractivity contribution in [2.24, 2.45) is 0 Å². The van der Waals surface area contributed by atoms with E-state index in [-0.39, 0.29) is 16.7 Å². The lowest BCUT2D eigenvalue weighted by Gasteiger charge is -2.34. The minimum absolute atomic E-state index is 0.139. The Morgan fingerprint density at radius 2 is 2.00 bits per heavy atom. The van der Waals surface area contributed by atoms with Crippen molar-refractivity contribution >= 4 is 27.4 Å². The average molecular weight is 433 g/mol. The number of rotatable bonds is 6. The average Bonchev–Trinajstić information content (AvgIpc) is 3.02. The van der Waals surface area contributed by atoms with Crippen LogP contribution in [0, 0.1) is 13.8 Å². The third kappa shape index (κ3) is 3.87. The molecule has 0 aromatic heterocycles. The number of aryl methyl sites for hydroxylation is 2. The largest absolute Gasteiger partial charge is 0.295 e. The minimum Gasteiger partial charge on any atom is -0.295 e. The molecular formula is C22H25ClN2O3S. The maximum Gasteiger partial charge on any atom is 0.240 e. The summed E-state index contributed by atoms with van der Waals surface area (Å²) in [6.07, 6.45) is 2.15. The Morgan fingerprint density at radius 1 is 1.21 bits per heavy atom. The van der Waals surface area contributed by atoms with Crippen LogP contribution in [0.3, 0.4) is 0 Å². The fourth-order valence-corrected chi connectivity index (χ4v) is 6.07. The van der Waals surface area contributed by atoms with Crippen LogP contribution < -0.4 is 4.72 Å². The van der Waals surface area contributed by atoms with Gasteiger partial charge in [-0.1, -0.05) is 29.8 Å². The number of Topliss-reactive ketones (excluding diaryl/α,β-unsaturated/α-hetero) is 1. The summed E-state index contributed by atoms with van der Waals surface area (Å²) in [7, 11) is -3.58. The van der Waals surface area contributed by atoms with Gasteiger partial charge in [-0.15, -0.1) is 0 Å². The van der Waals surface area contributed by atoms with Crippen molar-refractivity contribution in [2.45, 2.75) is 44.0 Å². The van der Waals surface area contributed by atoms with Crippen LogP contribution in [0.5, 0.6) is 0 Å². The van der Waals surface area contributed by atoms with Gasteiger partial charge in [0, 0.05) is 42.7 Å². The van der Waals surface area contributed by atoms with Crippen LogP contribution in [0.4, 0.5) is 0 Å². The third-order valence-electron chi connectivity index (χ3n) is 5.98. The van der Waals surface area contributed by atoms with E-state index in [2.05, 4.69) is 15.7 Å². The molecule has 0 radical (unpaired) electrons. The SMILES string of the molecule is Cc1cc(S(=O)(=O)NCCCN2CCc3cccc4c3C2CC4=O)c(C)cc1Cl. The zero-order chi connectivity index (χ0) is 20.8. The zero-order valence-electron chi connectivity index (χ0n) is 16.7. The summed E-state index contributed by atoms with van der Waals surface area (Å²) >= 11 is 6.08. The van der Waals surface area contributed by atoms with Crippen LogP contribution in [-0.2, 0) is 16.4 Å². The standard InChI is InChI=1S/C22H25ClN2O3S/c1-14-12-21(15(2)11-18(14)23)29(27,28)24-8-4-9-25-10-7-16-5-3-6-17-20(26)13-19(25)22(16)17/h3,5-6,11-12,19,24H,4,7-10,13H2,1-2H3. The van der Waals surface area contributed by atoms with Crippen molar-refractivity contribution < 1.29 is 13.2 Å². The molecule has 4 rings (SSSR count). The van der Waals surface area contributed by atoms with Crippen molar-refractivity contribution in [3.8, 4) is 0 Å².